The average molecular weight is 261 g/mol. The Labute approximate surface area is 119 Å². The summed E-state index contributed by atoms with van der Waals surface area (Å²) in [7, 11) is 0. The lowest BCUT2D eigenvalue weighted by atomic mass is 9.64. The van der Waals surface area contributed by atoms with Gasteiger partial charge in [0.2, 0.25) is 0 Å². The first-order valence-electron chi connectivity index (χ1n) is 8.64. The highest BCUT2D eigenvalue weighted by Gasteiger charge is 2.34. The molecule has 3 atom stereocenters. The molecule has 0 bridgehead atoms. The minimum absolute atomic E-state index is 0.368. The lowest BCUT2D eigenvalue weighted by Gasteiger charge is -2.41. The second-order valence-corrected chi connectivity index (χ2v) is 7.20. The van der Waals surface area contributed by atoms with Gasteiger partial charge in [0.25, 0.3) is 0 Å². The summed E-state index contributed by atoms with van der Waals surface area (Å²) in [5.74, 6) is 4.22. The van der Waals surface area contributed by atoms with Crippen LogP contribution in [-0.4, -0.2) is 0 Å². The smallest absolute Gasteiger partial charge is 0.0655 e. The topological polar surface area (TPSA) is 23.8 Å². The SMILES string of the molecule is CCCCC1CCC(C2CCC(C#N)CC2)C(C)C1. The third kappa shape index (κ3) is 3.98. The molecule has 2 rings (SSSR count). The van der Waals surface area contributed by atoms with Crippen LogP contribution in [0.4, 0.5) is 0 Å². The summed E-state index contributed by atoms with van der Waals surface area (Å²) in [5.41, 5.74) is 0. The quantitative estimate of drug-likeness (QED) is 0.650. The zero-order valence-corrected chi connectivity index (χ0v) is 12.9. The van der Waals surface area contributed by atoms with Gasteiger partial charge in [-0.05, 0) is 62.2 Å². The molecule has 2 aliphatic rings. The van der Waals surface area contributed by atoms with Gasteiger partial charge < -0.3 is 0 Å². The highest BCUT2D eigenvalue weighted by Crippen LogP contribution is 2.44. The van der Waals surface area contributed by atoms with E-state index in [0.717, 1.165) is 23.7 Å². The normalized spacial score (nSPS) is 39.7. The molecule has 2 aliphatic carbocycles. The fourth-order valence-electron chi connectivity index (χ4n) is 4.66. The summed E-state index contributed by atoms with van der Waals surface area (Å²) in [6, 6.07) is 2.47. The van der Waals surface area contributed by atoms with E-state index < -0.39 is 0 Å². The highest BCUT2D eigenvalue weighted by molar-refractivity contribution is 4.90. The third-order valence-corrected chi connectivity index (χ3v) is 5.87. The summed E-state index contributed by atoms with van der Waals surface area (Å²) >= 11 is 0. The fourth-order valence-corrected chi connectivity index (χ4v) is 4.66. The largest absolute Gasteiger partial charge is 0.198 e. The first-order chi connectivity index (χ1) is 9.24. The van der Waals surface area contributed by atoms with Crippen molar-refractivity contribution in [2.45, 2.75) is 78.1 Å². The summed E-state index contributed by atoms with van der Waals surface area (Å²) in [6.07, 6.45) is 13.7. The van der Waals surface area contributed by atoms with E-state index in [2.05, 4.69) is 19.9 Å². The number of nitrogens with zero attached hydrogens (tertiary/aromatic N) is 1. The van der Waals surface area contributed by atoms with Crippen LogP contribution < -0.4 is 0 Å². The van der Waals surface area contributed by atoms with E-state index in [0.29, 0.717) is 5.92 Å². The molecule has 0 aromatic heterocycles. The van der Waals surface area contributed by atoms with Crippen molar-refractivity contribution in [3.63, 3.8) is 0 Å². The Morgan fingerprint density at radius 2 is 1.79 bits per heavy atom. The molecular formula is C18H31N. The van der Waals surface area contributed by atoms with Crippen LogP contribution in [0.3, 0.4) is 0 Å². The number of hydrogen-bond donors (Lipinski definition) is 0. The zero-order valence-electron chi connectivity index (χ0n) is 12.9. The van der Waals surface area contributed by atoms with Crippen LogP contribution in [-0.2, 0) is 0 Å². The minimum Gasteiger partial charge on any atom is -0.198 e. The Morgan fingerprint density at radius 1 is 1.05 bits per heavy atom. The van der Waals surface area contributed by atoms with E-state index in [-0.39, 0.29) is 0 Å². The van der Waals surface area contributed by atoms with Gasteiger partial charge in [-0.1, -0.05) is 39.5 Å². The second-order valence-electron chi connectivity index (χ2n) is 7.20. The van der Waals surface area contributed by atoms with Gasteiger partial charge in [0.1, 0.15) is 0 Å². The summed E-state index contributed by atoms with van der Waals surface area (Å²) < 4.78 is 0. The van der Waals surface area contributed by atoms with Gasteiger partial charge in [-0.15, -0.1) is 0 Å². The molecule has 0 aliphatic heterocycles. The molecule has 2 saturated carbocycles. The number of rotatable bonds is 4. The van der Waals surface area contributed by atoms with Crippen LogP contribution >= 0.6 is 0 Å². The molecule has 1 heteroatoms. The number of hydrogen-bond acceptors (Lipinski definition) is 1. The minimum atomic E-state index is 0.368. The fraction of sp³-hybridized carbons (Fsp3) is 0.944. The van der Waals surface area contributed by atoms with Crippen molar-refractivity contribution in [2.24, 2.45) is 29.6 Å². The van der Waals surface area contributed by atoms with Gasteiger partial charge in [-0.2, -0.15) is 5.26 Å². The molecule has 0 saturated heterocycles. The van der Waals surface area contributed by atoms with Crippen molar-refractivity contribution >= 4 is 0 Å². The molecule has 0 aromatic rings. The molecule has 1 nitrogen and oxygen atoms in total. The maximum absolute atomic E-state index is 9.01. The summed E-state index contributed by atoms with van der Waals surface area (Å²) in [6.45, 7) is 4.81. The first kappa shape index (κ1) is 14.9. The van der Waals surface area contributed by atoms with Crippen molar-refractivity contribution in [1.29, 1.82) is 5.26 Å². The van der Waals surface area contributed by atoms with E-state index in [1.54, 1.807) is 0 Å². The second kappa shape index (κ2) is 7.32. The Kier molecular flexibility index (Phi) is 5.74. The predicted octanol–water partition coefficient (Wildman–Crippen LogP) is 5.56. The van der Waals surface area contributed by atoms with Gasteiger partial charge in [0.15, 0.2) is 0 Å². The van der Waals surface area contributed by atoms with Crippen LogP contribution in [0.15, 0.2) is 0 Å². The van der Waals surface area contributed by atoms with Crippen LogP contribution in [0.1, 0.15) is 78.1 Å². The molecule has 108 valence electrons. The van der Waals surface area contributed by atoms with E-state index in [9.17, 15) is 0 Å². The molecule has 0 radical (unpaired) electrons. The van der Waals surface area contributed by atoms with Gasteiger partial charge in [-0.3, -0.25) is 0 Å². The predicted molar refractivity (Wildman–Crippen MR) is 80.6 cm³/mol. The van der Waals surface area contributed by atoms with Gasteiger partial charge >= 0.3 is 0 Å². The van der Waals surface area contributed by atoms with E-state index in [4.69, 9.17) is 5.26 Å². The van der Waals surface area contributed by atoms with Crippen molar-refractivity contribution in [3.05, 3.63) is 0 Å². The van der Waals surface area contributed by atoms with Gasteiger partial charge in [-0.25, -0.2) is 0 Å². The van der Waals surface area contributed by atoms with Crippen LogP contribution in [0, 0.1) is 40.9 Å². The Balaban J connectivity index is 1.78. The molecule has 0 heterocycles. The third-order valence-electron chi connectivity index (χ3n) is 5.87. The Hall–Kier alpha value is -0.510. The first-order valence-corrected chi connectivity index (χ1v) is 8.64. The average Bonchev–Trinajstić information content (AvgIpc) is 2.45. The molecule has 0 aromatic carbocycles. The number of nitriles is 1. The van der Waals surface area contributed by atoms with Crippen LogP contribution in [0.2, 0.25) is 0 Å². The van der Waals surface area contributed by atoms with Crippen molar-refractivity contribution in [3.8, 4) is 6.07 Å². The van der Waals surface area contributed by atoms with Gasteiger partial charge in [0, 0.05) is 5.92 Å². The standard InChI is InChI=1S/C18H31N/c1-3-4-5-15-8-11-18(14(2)12-15)17-9-6-16(13-19)7-10-17/h14-18H,3-12H2,1-2H3. The number of unbranched alkanes of at least 4 members (excludes halogenated alkanes) is 1. The van der Waals surface area contributed by atoms with E-state index in [1.165, 1.54) is 64.2 Å². The highest BCUT2D eigenvalue weighted by atomic mass is 14.4. The van der Waals surface area contributed by atoms with Crippen molar-refractivity contribution in [2.75, 3.05) is 0 Å². The molecule has 19 heavy (non-hydrogen) atoms. The Morgan fingerprint density at radius 3 is 2.37 bits per heavy atom. The van der Waals surface area contributed by atoms with E-state index in [1.807, 2.05) is 0 Å². The molecule has 0 amide bonds. The Bertz CT molecular complexity index is 295. The lowest BCUT2D eigenvalue weighted by molar-refractivity contribution is 0.0996. The van der Waals surface area contributed by atoms with Crippen LogP contribution in [0.25, 0.3) is 0 Å². The summed E-state index contributed by atoms with van der Waals surface area (Å²) in [4.78, 5) is 0. The maximum Gasteiger partial charge on any atom is 0.0655 e. The van der Waals surface area contributed by atoms with Gasteiger partial charge in [0.05, 0.1) is 6.07 Å². The zero-order chi connectivity index (χ0) is 13.7. The van der Waals surface area contributed by atoms with Crippen molar-refractivity contribution in [1.82, 2.24) is 0 Å². The summed E-state index contributed by atoms with van der Waals surface area (Å²) in [5, 5.41) is 9.01. The molecule has 0 N–H and O–H groups in total. The lowest BCUT2D eigenvalue weighted by Crippen LogP contribution is -2.31. The molecule has 3 unspecified atom stereocenters. The maximum atomic E-state index is 9.01. The van der Waals surface area contributed by atoms with Crippen molar-refractivity contribution < 1.29 is 0 Å². The molecule has 2 fully saturated rings. The monoisotopic (exact) mass is 261 g/mol. The molecule has 0 spiro atoms. The van der Waals surface area contributed by atoms with E-state index >= 15 is 0 Å². The molecular weight excluding hydrogens is 230 g/mol. The van der Waals surface area contributed by atoms with Crippen LogP contribution in [0.5, 0.6) is 0 Å².